The number of nitrogens with zero attached hydrogens (tertiary/aromatic N) is 1. The van der Waals surface area contributed by atoms with Crippen molar-refractivity contribution >= 4 is 27.7 Å². The van der Waals surface area contributed by atoms with Gasteiger partial charge in [0, 0.05) is 25.3 Å². The van der Waals surface area contributed by atoms with Gasteiger partial charge in [0.25, 0.3) is 5.56 Å². The van der Waals surface area contributed by atoms with Gasteiger partial charge in [-0.3, -0.25) is 9.59 Å². The number of ether oxygens (including phenoxy) is 1. The van der Waals surface area contributed by atoms with Gasteiger partial charge in [0.05, 0.1) is 23.1 Å². The Morgan fingerprint density at radius 3 is 2.54 bits per heavy atom. The predicted octanol–water partition coefficient (Wildman–Crippen LogP) is 0.765. The molecule has 0 aliphatic rings. The lowest BCUT2D eigenvalue weighted by atomic mass is 9.99. The van der Waals surface area contributed by atoms with Crippen LogP contribution < -0.4 is 16.1 Å². The highest BCUT2D eigenvalue weighted by Crippen LogP contribution is 2.34. The maximum atomic E-state index is 13.3. The molecular formula is C14H14F3N3O5S. The van der Waals surface area contributed by atoms with Crippen LogP contribution in [0.3, 0.4) is 0 Å². The molecule has 1 aromatic carbocycles. The monoisotopic (exact) mass is 393 g/mol. The number of nitrogens with one attached hydrogen (secondary N) is 2. The SMILES string of the molecule is COCCC(=O)c1cc2c(=O)n(NS(C)=O)c(=O)[nH]c2cc1C(F)(F)F. The van der Waals surface area contributed by atoms with Crippen LogP contribution in [0.15, 0.2) is 21.7 Å². The van der Waals surface area contributed by atoms with Gasteiger partial charge >= 0.3 is 11.9 Å². The largest absolute Gasteiger partial charge is 0.417 e. The number of H-pyrrole nitrogens is 1. The van der Waals surface area contributed by atoms with E-state index >= 15 is 0 Å². The van der Waals surface area contributed by atoms with E-state index in [-0.39, 0.29) is 18.4 Å². The lowest BCUT2D eigenvalue weighted by Crippen LogP contribution is -2.41. The van der Waals surface area contributed by atoms with Crippen LogP contribution in [0.1, 0.15) is 22.3 Å². The molecule has 0 spiro atoms. The van der Waals surface area contributed by atoms with E-state index < -0.39 is 50.8 Å². The number of ketones is 1. The Balaban J connectivity index is 2.80. The second-order valence-electron chi connectivity index (χ2n) is 5.22. The summed E-state index contributed by atoms with van der Waals surface area (Å²) < 4.78 is 56.2. The van der Waals surface area contributed by atoms with Crippen molar-refractivity contribution in [2.45, 2.75) is 12.6 Å². The summed E-state index contributed by atoms with van der Waals surface area (Å²) >= 11 is 0. The molecule has 0 aliphatic heterocycles. The van der Waals surface area contributed by atoms with Crippen LogP contribution in [0.5, 0.6) is 0 Å². The number of aromatic amines is 1. The number of alkyl halides is 3. The number of hydrogen-bond donors (Lipinski definition) is 2. The second kappa shape index (κ2) is 7.41. The molecule has 2 aromatic rings. The number of carbonyl (C=O) groups is 1. The first-order valence-corrected chi connectivity index (χ1v) is 8.64. The highest BCUT2D eigenvalue weighted by molar-refractivity contribution is 7.85. The molecule has 0 saturated heterocycles. The first-order chi connectivity index (χ1) is 12.1. The first kappa shape index (κ1) is 19.8. The number of rotatable bonds is 6. The topological polar surface area (TPSA) is 110 Å². The van der Waals surface area contributed by atoms with Gasteiger partial charge in [0.1, 0.15) is 11.0 Å². The Kier molecular flexibility index (Phi) is 5.66. The molecule has 2 N–H and O–H groups in total. The molecule has 2 rings (SSSR count). The van der Waals surface area contributed by atoms with E-state index in [1.54, 1.807) is 0 Å². The van der Waals surface area contributed by atoms with Crippen LogP contribution in [0, 0.1) is 0 Å². The summed E-state index contributed by atoms with van der Waals surface area (Å²) in [6, 6.07) is 1.30. The van der Waals surface area contributed by atoms with E-state index in [0.717, 1.165) is 12.3 Å². The van der Waals surface area contributed by atoms with Crippen molar-refractivity contribution in [3.05, 3.63) is 44.1 Å². The average Bonchev–Trinajstić information content (AvgIpc) is 2.54. The van der Waals surface area contributed by atoms with E-state index in [1.807, 2.05) is 0 Å². The minimum Gasteiger partial charge on any atom is -0.384 e. The normalized spacial score (nSPS) is 13.0. The van der Waals surface area contributed by atoms with Crippen LogP contribution in [0.2, 0.25) is 0 Å². The molecule has 1 atom stereocenters. The van der Waals surface area contributed by atoms with E-state index in [2.05, 4.69) is 9.82 Å². The molecule has 1 unspecified atom stereocenters. The van der Waals surface area contributed by atoms with Crippen LogP contribution >= 0.6 is 0 Å². The number of hydrogen-bond acceptors (Lipinski definition) is 5. The van der Waals surface area contributed by atoms with Gasteiger partial charge in [-0.25, -0.2) is 13.8 Å². The lowest BCUT2D eigenvalue weighted by molar-refractivity contribution is -0.137. The number of carbonyl (C=O) groups excluding carboxylic acids is 1. The zero-order valence-corrected chi connectivity index (χ0v) is 14.4. The minimum atomic E-state index is -4.87. The summed E-state index contributed by atoms with van der Waals surface area (Å²) in [6.07, 6.45) is -4.04. The molecule has 0 saturated carbocycles. The molecule has 1 aromatic heterocycles. The van der Waals surface area contributed by atoms with E-state index in [4.69, 9.17) is 4.74 Å². The number of benzene rings is 1. The van der Waals surface area contributed by atoms with Gasteiger partial charge in [0.15, 0.2) is 5.78 Å². The average molecular weight is 393 g/mol. The molecule has 0 radical (unpaired) electrons. The van der Waals surface area contributed by atoms with E-state index in [1.165, 1.54) is 7.11 Å². The lowest BCUT2D eigenvalue weighted by Gasteiger charge is -2.14. The molecule has 0 fully saturated rings. The standard InChI is InChI=1S/C14H14F3N3O5S/c1-25-4-3-11(21)7-5-8-10(6-9(7)14(15,16)17)18-13(23)20(12(8)22)19-26(2)24/h5-6,19H,3-4H2,1-2H3,(H,18,23). The maximum absolute atomic E-state index is 13.3. The number of methoxy groups -OCH3 is 1. The van der Waals surface area contributed by atoms with Crippen molar-refractivity contribution in [1.82, 2.24) is 9.66 Å². The fraction of sp³-hybridized carbons (Fsp3) is 0.357. The van der Waals surface area contributed by atoms with Gasteiger partial charge in [-0.2, -0.15) is 17.8 Å². The highest BCUT2D eigenvalue weighted by atomic mass is 32.2. The fourth-order valence-corrected chi connectivity index (χ4v) is 2.69. The third-order valence-corrected chi connectivity index (χ3v) is 3.83. The van der Waals surface area contributed by atoms with E-state index in [9.17, 15) is 31.8 Å². The summed E-state index contributed by atoms with van der Waals surface area (Å²) in [7, 11) is -0.497. The third kappa shape index (κ3) is 4.02. The molecule has 0 bridgehead atoms. The summed E-state index contributed by atoms with van der Waals surface area (Å²) in [5.74, 6) is -0.870. The Morgan fingerprint density at radius 1 is 1.35 bits per heavy atom. The number of Topliss-reactive ketones (excluding diaryl/α,β-unsaturated/α-hetero) is 1. The van der Waals surface area contributed by atoms with Crippen molar-refractivity contribution < 1.29 is 26.9 Å². The second-order valence-corrected chi connectivity index (χ2v) is 6.31. The van der Waals surface area contributed by atoms with Crippen LogP contribution in [0.4, 0.5) is 13.2 Å². The van der Waals surface area contributed by atoms with Crippen molar-refractivity contribution in [3.63, 3.8) is 0 Å². The van der Waals surface area contributed by atoms with Gasteiger partial charge in [-0.1, -0.05) is 0 Å². The molecule has 142 valence electrons. The third-order valence-electron chi connectivity index (χ3n) is 3.39. The Morgan fingerprint density at radius 2 is 2.00 bits per heavy atom. The fourth-order valence-electron chi connectivity index (χ4n) is 2.27. The van der Waals surface area contributed by atoms with E-state index in [0.29, 0.717) is 10.7 Å². The van der Waals surface area contributed by atoms with Gasteiger partial charge in [0.2, 0.25) is 0 Å². The van der Waals surface area contributed by atoms with Crippen molar-refractivity contribution in [3.8, 4) is 0 Å². The smallest absolute Gasteiger partial charge is 0.384 e. The van der Waals surface area contributed by atoms with Crippen LogP contribution in [-0.2, 0) is 21.9 Å². The highest BCUT2D eigenvalue weighted by Gasteiger charge is 2.36. The molecule has 26 heavy (non-hydrogen) atoms. The van der Waals surface area contributed by atoms with Gasteiger partial charge in [-0.15, -0.1) is 0 Å². The van der Waals surface area contributed by atoms with Gasteiger partial charge in [-0.05, 0) is 12.1 Å². The molecule has 0 amide bonds. The number of halogens is 3. The summed E-state index contributed by atoms with van der Waals surface area (Å²) in [5.41, 5.74) is -4.50. The molecule has 12 heteroatoms. The Bertz CT molecular complexity index is 996. The predicted molar refractivity (Wildman–Crippen MR) is 88.1 cm³/mol. The maximum Gasteiger partial charge on any atom is 0.417 e. The Hall–Kier alpha value is -2.47. The summed E-state index contributed by atoms with van der Waals surface area (Å²) in [4.78, 5) is 40.5. The molecule has 0 aliphatic carbocycles. The zero-order chi connectivity index (χ0) is 19.6. The minimum absolute atomic E-state index is 0.0968. The van der Waals surface area contributed by atoms with Gasteiger partial charge < -0.3 is 9.72 Å². The van der Waals surface area contributed by atoms with Crippen molar-refractivity contribution in [2.75, 3.05) is 24.8 Å². The number of aromatic nitrogens is 2. The molecule has 8 nitrogen and oxygen atoms in total. The van der Waals surface area contributed by atoms with Crippen molar-refractivity contribution in [2.24, 2.45) is 0 Å². The number of fused-ring (bicyclic) bond motifs is 1. The van der Waals surface area contributed by atoms with Crippen LogP contribution in [-0.4, -0.2) is 39.6 Å². The Labute approximate surface area is 146 Å². The first-order valence-electron chi connectivity index (χ1n) is 7.08. The van der Waals surface area contributed by atoms with Crippen molar-refractivity contribution in [1.29, 1.82) is 0 Å². The molecule has 1 heterocycles. The zero-order valence-electron chi connectivity index (χ0n) is 13.6. The summed E-state index contributed by atoms with van der Waals surface area (Å²) in [6.45, 7) is -0.0968. The quantitative estimate of drug-likeness (QED) is 0.705. The summed E-state index contributed by atoms with van der Waals surface area (Å²) in [5, 5.41) is -0.337. The molecular weight excluding hydrogens is 379 g/mol. The van der Waals surface area contributed by atoms with Crippen LogP contribution in [0.25, 0.3) is 10.9 Å².